The molecule has 0 fully saturated rings. The summed E-state index contributed by atoms with van der Waals surface area (Å²) >= 11 is 5.92. The molecule has 0 N–H and O–H groups in total. The second-order valence-electron chi connectivity index (χ2n) is 6.16. The highest BCUT2D eigenvalue weighted by atomic mass is 35.5. The fourth-order valence-electron chi connectivity index (χ4n) is 2.98. The van der Waals surface area contributed by atoms with E-state index in [1.807, 2.05) is 60.7 Å². The van der Waals surface area contributed by atoms with Gasteiger partial charge in [-0.05, 0) is 48.0 Å². The Morgan fingerprint density at radius 2 is 1.59 bits per heavy atom. The van der Waals surface area contributed by atoms with Gasteiger partial charge in [0.05, 0.1) is 17.6 Å². The summed E-state index contributed by atoms with van der Waals surface area (Å²) in [5.41, 5.74) is 3.23. The number of halogens is 1. The van der Waals surface area contributed by atoms with Crippen molar-refractivity contribution in [3.63, 3.8) is 0 Å². The lowest BCUT2D eigenvalue weighted by atomic mass is 10.2. The first-order valence-electron chi connectivity index (χ1n) is 8.86. The minimum Gasteiger partial charge on any atom is -0.492 e. The van der Waals surface area contributed by atoms with Crippen LogP contribution in [0.1, 0.15) is 11.4 Å². The minimum absolute atomic E-state index is 0.550. The molecule has 134 valence electrons. The molecule has 27 heavy (non-hydrogen) atoms. The second-order valence-corrected chi connectivity index (χ2v) is 6.59. The molecule has 0 aliphatic rings. The second kappa shape index (κ2) is 8.11. The van der Waals surface area contributed by atoms with Gasteiger partial charge in [-0.25, -0.2) is 4.98 Å². The summed E-state index contributed by atoms with van der Waals surface area (Å²) in [5.74, 6) is 1.73. The summed E-state index contributed by atoms with van der Waals surface area (Å²) in [6, 6.07) is 25.8. The maximum absolute atomic E-state index is 5.92. The molecule has 0 unspecified atom stereocenters. The van der Waals surface area contributed by atoms with E-state index in [0.29, 0.717) is 18.2 Å². The fraction of sp³-hybridized carbons (Fsp3) is 0.0870. The van der Waals surface area contributed by atoms with Crippen molar-refractivity contribution in [1.29, 1.82) is 0 Å². The van der Waals surface area contributed by atoms with E-state index < -0.39 is 0 Å². The first-order chi connectivity index (χ1) is 13.3. The largest absolute Gasteiger partial charge is 0.492 e. The van der Waals surface area contributed by atoms with Gasteiger partial charge in [0.15, 0.2) is 0 Å². The van der Waals surface area contributed by atoms with Crippen molar-refractivity contribution < 1.29 is 4.74 Å². The average molecular weight is 375 g/mol. The molecule has 0 saturated carbocycles. The van der Waals surface area contributed by atoms with Crippen molar-refractivity contribution in [2.75, 3.05) is 6.61 Å². The van der Waals surface area contributed by atoms with E-state index in [1.165, 1.54) is 0 Å². The lowest BCUT2D eigenvalue weighted by molar-refractivity contribution is 0.300. The topological polar surface area (TPSA) is 27.1 Å². The molecule has 0 saturated heterocycles. The fourth-order valence-corrected chi connectivity index (χ4v) is 3.10. The zero-order chi connectivity index (χ0) is 18.5. The van der Waals surface area contributed by atoms with Crippen molar-refractivity contribution >= 4 is 34.8 Å². The number of hydrogen-bond donors (Lipinski definition) is 0. The first kappa shape index (κ1) is 17.4. The highest BCUT2D eigenvalue weighted by Crippen LogP contribution is 2.19. The Morgan fingerprint density at radius 3 is 2.41 bits per heavy atom. The third-order valence-corrected chi connectivity index (χ3v) is 4.56. The number of benzene rings is 3. The van der Waals surface area contributed by atoms with Crippen LogP contribution in [0.15, 0.2) is 78.9 Å². The number of hydrogen-bond acceptors (Lipinski definition) is 2. The molecule has 1 heterocycles. The van der Waals surface area contributed by atoms with E-state index in [1.54, 1.807) is 0 Å². The lowest BCUT2D eigenvalue weighted by Gasteiger charge is -2.09. The van der Waals surface area contributed by atoms with Gasteiger partial charge in [-0.2, -0.15) is 0 Å². The Bertz CT molecular complexity index is 1050. The number of fused-ring (bicyclic) bond motifs is 1. The summed E-state index contributed by atoms with van der Waals surface area (Å²) in [6.07, 6.45) is 4.13. The Balaban J connectivity index is 1.56. The number of aromatic nitrogens is 2. The normalized spacial score (nSPS) is 11.3. The van der Waals surface area contributed by atoms with Gasteiger partial charge in [0, 0.05) is 5.02 Å². The van der Waals surface area contributed by atoms with Crippen LogP contribution in [0.3, 0.4) is 0 Å². The summed E-state index contributed by atoms with van der Waals surface area (Å²) in [4.78, 5) is 4.77. The molecular weight excluding hydrogens is 356 g/mol. The van der Waals surface area contributed by atoms with Crippen LogP contribution < -0.4 is 4.74 Å². The number of imidazole rings is 1. The quantitative estimate of drug-likeness (QED) is 0.417. The van der Waals surface area contributed by atoms with Crippen LogP contribution in [-0.4, -0.2) is 16.2 Å². The Kier molecular flexibility index (Phi) is 5.22. The van der Waals surface area contributed by atoms with Crippen LogP contribution in [0.25, 0.3) is 23.2 Å². The molecule has 4 rings (SSSR count). The van der Waals surface area contributed by atoms with Gasteiger partial charge < -0.3 is 9.30 Å². The van der Waals surface area contributed by atoms with Crippen LogP contribution >= 0.6 is 11.6 Å². The smallest absolute Gasteiger partial charge is 0.133 e. The molecule has 0 bridgehead atoms. The number of nitrogens with zero attached hydrogens (tertiary/aromatic N) is 2. The van der Waals surface area contributed by atoms with Crippen molar-refractivity contribution in [1.82, 2.24) is 9.55 Å². The molecule has 1 aromatic heterocycles. The van der Waals surface area contributed by atoms with E-state index in [0.717, 1.165) is 28.2 Å². The van der Waals surface area contributed by atoms with Crippen molar-refractivity contribution in [3.8, 4) is 5.75 Å². The van der Waals surface area contributed by atoms with Crippen LogP contribution in [0, 0.1) is 0 Å². The van der Waals surface area contributed by atoms with Gasteiger partial charge >= 0.3 is 0 Å². The SMILES string of the molecule is Clc1ccc(OCCn2c(/C=C/c3ccccc3)nc3ccccc32)cc1. The van der Waals surface area contributed by atoms with E-state index in [2.05, 4.69) is 34.9 Å². The summed E-state index contributed by atoms with van der Waals surface area (Å²) < 4.78 is 8.05. The van der Waals surface area contributed by atoms with E-state index in [9.17, 15) is 0 Å². The predicted molar refractivity (Wildman–Crippen MR) is 112 cm³/mol. The molecule has 3 nitrogen and oxygen atoms in total. The summed E-state index contributed by atoms with van der Waals surface area (Å²) in [6.45, 7) is 1.26. The van der Waals surface area contributed by atoms with Crippen LogP contribution in [0.4, 0.5) is 0 Å². The molecule has 0 radical (unpaired) electrons. The van der Waals surface area contributed by atoms with Gasteiger partial charge in [-0.3, -0.25) is 0 Å². The van der Waals surface area contributed by atoms with Crippen molar-refractivity contribution in [2.24, 2.45) is 0 Å². The lowest BCUT2D eigenvalue weighted by Crippen LogP contribution is -2.09. The molecule has 4 aromatic rings. The molecule has 0 atom stereocenters. The monoisotopic (exact) mass is 374 g/mol. The van der Waals surface area contributed by atoms with E-state index >= 15 is 0 Å². The first-order valence-corrected chi connectivity index (χ1v) is 9.24. The molecule has 0 spiro atoms. The third kappa shape index (κ3) is 4.21. The highest BCUT2D eigenvalue weighted by Gasteiger charge is 2.08. The number of ether oxygens (including phenoxy) is 1. The molecule has 0 aliphatic carbocycles. The zero-order valence-corrected chi connectivity index (χ0v) is 15.5. The standard InChI is InChI=1S/C23H19ClN2O/c24-19-11-13-20(14-12-19)27-17-16-26-22-9-5-4-8-21(22)25-23(26)15-10-18-6-2-1-3-7-18/h1-15H,16-17H2/b15-10+. The molecule has 0 amide bonds. The van der Waals surface area contributed by atoms with Crippen LogP contribution in [-0.2, 0) is 6.54 Å². The Morgan fingerprint density at radius 1 is 0.852 bits per heavy atom. The maximum Gasteiger partial charge on any atom is 0.133 e. The molecular formula is C23H19ClN2O. The number of rotatable bonds is 6. The minimum atomic E-state index is 0.550. The van der Waals surface area contributed by atoms with Gasteiger partial charge in [-0.1, -0.05) is 60.1 Å². The molecule has 3 aromatic carbocycles. The van der Waals surface area contributed by atoms with E-state index in [4.69, 9.17) is 21.3 Å². The highest BCUT2D eigenvalue weighted by molar-refractivity contribution is 6.30. The third-order valence-electron chi connectivity index (χ3n) is 4.31. The van der Waals surface area contributed by atoms with Gasteiger partial charge in [0.1, 0.15) is 18.2 Å². The maximum atomic E-state index is 5.92. The van der Waals surface area contributed by atoms with Gasteiger partial charge in [-0.15, -0.1) is 0 Å². The zero-order valence-electron chi connectivity index (χ0n) is 14.8. The summed E-state index contributed by atoms with van der Waals surface area (Å²) in [7, 11) is 0. The number of para-hydroxylation sites is 2. The Hall–Kier alpha value is -3.04. The van der Waals surface area contributed by atoms with Gasteiger partial charge in [0.2, 0.25) is 0 Å². The van der Waals surface area contributed by atoms with Gasteiger partial charge in [0.25, 0.3) is 0 Å². The Labute approximate surface area is 163 Å². The van der Waals surface area contributed by atoms with Crippen LogP contribution in [0.5, 0.6) is 5.75 Å². The van der Waals surface area contributed by atoms with Crippen molar-refractivity contribution in [3.05, 3.63) is 95.3 Å². The molecule has 0 aliphatic heterocycles. The average Bonchev–Trinajstić information content (AvgIpc) is 3.06. The van der Waals surface area contributed by atoms with Crippen molar-refractivity contribution in [2.45, 2.75) is 6.54 Å². The van der Waals surface area contributed by atoms with E-state index in [-0.39, 0.29) is 0 Å². The molecule has 4 heteroatoms. The van der Waals surface area contributed by atoms with Crippen LogP contribution in [0.2, 0.25) is 5.02 Å². The summed E-state index contributed by atoms with van der Waals surface area (Å²) in [5, 5.41) is 0.705. The predicted octanol–water partition coefficient (Wildman–Crippen LogP) is 5.94.